The zero-order valence-corrected chi connectivity index (χ0v) is 13.0. The summed E-state index contributed by atoms with van der Waals surface area (Å²) in [6.07, 6.45) is 0.373. The summed E-state index contributed by atoms with van der Waals surface area (Å²) in [5, 5.41) is 3.31. The Morgan fingerprint density at radius 2 is 1.85 bits per heavy atom. The van der Waals surface area contributed by atoms with E-state index in [0.29, 0.717) is 13.0 Å². The maximum Gasteiger partial charge on any atom is 0.307 e. The molecule has 1 rings (SSSR count). The third-order valence-electron chi connectivity index (χ3n) is 2.82. The first-order valence-electron chi connectivity index (χ1n) is 6.91. The van der Waals surface area contributed by atoms with Gasteiger partial charge in [0.1, 0.15) is 11.4 Å². The topological polar surface area (TPSA) is 47.6 Å². The molecule has 0 spiro atoms. The molecule has 4 nitrogen and oxygen atoms in total. The second kappa shape index (κ2) is 7.29. The molecular formula is C16H25NO3. The highest BCUT2D eigenvalue weighted by Gasteiger charge is 2.16. The molecule has 1 aromatic rings. The summed E-state index contributed by atoms with van der Waals surface area (Å²) in [7, 11) is 1.65. The van der Waals surface area contributed by atoms with Gasteiger partial charge >= 0.3 is 5.97 Å². The number of nitrogens with one attached hydrogen (secondary N) is 1. The van der Waals surface area contributed by atoms with Crippen molar-refractivity contribution in [2.24, 2.45) is 0 Å². The fraction of sp³-hybridized carbons (Fsp3) is 0.562. The third-order valence-corrected chi connectivity index (χ3v) is 2.82. The number of hydrogen-bond acceptors (Lipinski definition) is 4. The molecule has 0 saturated heterocycles. The standard InChI is InChI=1S/C16H25NO3/c1-12(13-6-8-14(19-5)9-7-13)17-11-10-15(18)20-16(2,3)4/h6-9,12,17H,10-11H2,1-5H3/t12-/m0/s1. The normalized spacial score (nSPS) is 12.8. The van der Waals surface area contributed by atoms with Crippen LogP contribution in [0, 0.1) is 0 Å². The van der Waals surface area contributed by atoms with E-state index in [-0.39, 0.29) is 12.0 Å². The van der Waals surface area contributed by atoms with Crippen LogP contribution >= 0.6 is 0 Å². The van der Waals surface area contributed by atoms with Gasteiger partial charge in [0.25, 0.3) is 0 Å². The highest BCUT2D eigenvalue weighted by Crippen LogP contribution is 2.17. The molecule has 4 heteroatoms. The minimum atomic E-state index is -0.418. The van der Waals surface area contributed by atoms with E-state index >= 15 is 0 Å². The Balaban J connectivity index is 2.35. The van der Waals surface area contributed by atoms with Crippen LogP contribution < -0.4 is 10.1 Å². The molecule has 1 atom stereocenters. The Morgan fingerprint density at radius 3 is 2.35 bits per heavy atom. The molecule has 20 heavy (non-hydrogen) atoms. The smallest absolute Gasteiger partial charge is 0.307 e. The Labute approximate surface area is 121 Å². The van der Waals surface area contributed by atoms with Crippen LogP contribution in [-0.4, -0.2) is 25.2 Å². The minimum absolute atomic E-state index is 0.174. The van der Waals surface area contributed by atoms with Gasteiger partial charge in [-0.2, -0.15) is 0 Å². The number of hydrogen-bond donors (Lipinski definition) is 1. The fourth-order valence-electron chi connectivity index (χ4n) is 1.79. The van der Waals surface area contributed by atoms with Gasteiger partial charge in [-0.05, 0) is 45.4 Å². The lowest BCUT2D eigenvalue weighted by atomic mass is 10.1. The summed E-state index contributed by atoms with van der Waals surface area (Å²) < 4.78 is 10.4. The monoisotopic (exact) mass is 279 g/mol. The van der Waals surface area contributed by atoms with Crippen molar-refractivity contribution in [3.8, 4) is 5.75 Å². The summed E-state index contributed by atoms with van der Waals surface area (Å²) in [6.45, 7) is 8.29. The molecule has 0 amide bonds. The number of rotatable bonds is 6. The van der Waals surface area contributed by atoms with Gasteiger partial charge in [0, 0.05) is 12.6 Å². The largest absolute Gasteiger partial charge is 0.497 e. The Hall–Kier alpha value is -1.55. The maximum atomic E-state index is 11.6. The molecule has 0 saturated carbocycles. The lowest BCUT2D eigenvalue weighted by molar-refractivity contribution is -0.154. The molecule has 112 valence electrons. The molecule has 1 aromatic carbocycles. The summed E-state index contributed by atoms with van der Waals surface area (Å²) >= 11 is 0. The number of carbonyl (C=O) groups is 1. The van der Waals surface area contributed by atoms with E-state index in [2.05, 4.69) is 12.2 Å². The van der Waals surface area contributed by atoms with Crippen molar-refractivity contribution in [2.75, 3.05) is 13.7 Å². The average molecular weight is 279 g/mol. The predicted octanol–water partition coefficient (Wildman–Crippen LogP) is 3.08. The Morgan fingerprint density at radius 1 is 1.25 bits per heavy atom. The molecule has 0 heterocycles. The van der Waals surface area contributed by atoms with Crippen LogP contribution in [0.3, 0.4) is 0 Å². The van der Waals surface area contributed by atoms with E-state index in [1.807, 2.05) is 45.0 Å². The minimum Gasteiger partial charge on any atom is -0.497 e. The van der Waals surface area contributed by atoms with Gasteiger partial charge in [-0.3, -0.25) is 4.79 Å². The van der Waals surface area contributed by atoms with Gasteiger partial charge in [-0.1, -0.05) is 12.1 Å². The second-order valence-corrected chi connectivity index (χ2v) is 5.79. The van der Waals surface area contributed by atoms with Crippen LogP contribution in [0.25, 0.3) is 0 Å². The summed E-state index contributed by atoms with van der Waals surface area (Å²) in [5.74, 6) is 0.668. The van der Waals surface area contributed by atoms with Gasteiger partial charge in [-0.25, -0.2) is 0 Å². The van der Waals surface area contributed by atoms with Crippen molar-refractivity contribution < 1.29 is 14.3 Å². The molecule has 0 aliphatic carbocycles. The first-order chi connectivity index (χ1) is 9.31. The van der Waals surface area contributed by atoms with Crippen LogP contribution in [0.2, 0.25) is 0 Å². The summed E-state index contributed by atoms with van der Waals surface area (Å²) in [4.78, 5) is 11.6. The maximum absolute atomic E-state index is 11.6. The highest BCUT2D eigenvalue weighted by molar-refractivity contribution is 5.70. The van der Waals surface area contributed by atoms with Crippen LogP contribution in [0.5, 0.6) is 5.75 Å². The predicted molar refractivity (Wildman–Crippen MR) is 79.9 cm³/mol. The van der Waals surface area contributed by atoms with Crippen LogP contribution in [0.15, 0.2) is 24.3 Å². The first kappa shape index (κ1) is 16.5. The fourth-order valence-corrected chi connectivity index (χ4v) is 1.79. The van der Waals surface area contributed by atoms with Crippen molar-refractivity contribution in [3.63, 3.8) is 0 Å². The number of esters is 1. The lowest BCUT2D eigenvalue weighted by Gasteiger charge is -2.20. The molecule has 0 aromatic heterocycles. The number of ether oxygens (including phenoxy) is 2. The highest BCUT2D eigenvalue weighted by atomic mass is 16.6. The molecule has 0 radical (unpaired) electrons. The van der Waals surface area contributed by atoms with E-state index in [4.69, 9.17) is 9.47 Å². The lowest BCUT2D eigenvalue weighted by Crippen LogP contribution is -2.27. The van der Waals surface area contributed by atoms with Crippen LogP contribution in [0.4, 0.5) is 0 Å². The SMILES string of the molecule is COc1ccc([C@H](C)NCCC(=O)OC(C)(C)C)cc1. The van der Waals surface area contributed by atoms with Gasteiger partial charge in [0.05, 0.1) is 13.5 Å². The third kappa shape index (κ3) is 6.06. The number of methoxy groups -OCH3 is 1. The molecular weight excluding hydrogens is 254 g/mol. The zero-order valence-electron chi connectivity index (χ0n) is 13.0. The van der Waals surface area contributed by atoms with Crippen molar-refractivity contribution in [1.82, 2.24) is 5.32 Å². The first-order valence-corrected chi connectivity index (χ1v) is 6.91. The molecule has 1 N–H and O–H groups in total. The van der Waals surface area contributed by atoms with Crippen molar-refractivity contribution in [2.45, 2.75) is 45.8 Å². The average Bonchev–Trinajstić information content (AvgIpc) is 2.36. The van der Waals surface area contributed by atoms with E-state index in [1.54, 1.807) is 7.11 Å². The number of carbonyl (C=O) groups excluding carboxylic acids is 1. The van der Waals surface area contributed by atoms with Crippen LogP contribution in [-0.2, 0) is 9.53 Å². The zero-order chi connectivity index (χ0) is 15.2. The Bertz CT molecular complexity index is 420. The van der Waals surface area contributed by atoms with Gasteiger partial charge in [0.15, 0.2) is 0 Å². The number of benzene rings is 1. The molecule has 0 unspecified atom stereocenters. The van der Waals surface area contributed by atoms with Crippen molar-refractivity contribution in [1.29, 1.82) is 0 Å². The molecule has 0 fully saturated rings. The van der Waals surface area contributed by atoms with Gasteiger partial charge < -0.3 is 14.8 Å². The van der Waals surface area contributed by atoms with Crippen LogP contribution in [0.1, 0.15) is 45.7 Å². The summed E-state index contributed by atoms with van der Waals surface area (Å²) in [5.41, 5.74) is 0.744. The van der Waals surface area contributed by atoms with E-state index in [1.165, 1.54) is 0 Å². The second-order valence-electron chi connectivity index (χ2n) is 5.79. The van der Waals surface area contributed by atoms with Gasteiger partial charge in [0.2, 0.25) is 0 Å². The molecule has 0 aliphatic heterocycles. The van der Waals surface area contributed by atoms with Crippen molar-refractivity contribution >= 4 is 5.97 Å². The summed E-state index contributed by atoms with van der Waals surface area (Å²) in [6, 6.07) is 8.08. The van der Waals surface area contributed by atoms with Crippen molar-refractivity contribution in [3.05, 3.63) is 29.8 Å². The quantitative estimate of drug-likeness (QED) is 0.813. The van der Waals surface area contributed by atoms with E-state index < -0.39 is 5.60 Å². The van der Waals surface area contributed by atoms with E-state index in [9.17, 15) is 4.79 Å². The molecule has 0 bridgehead atoms. The van der Waals surface area contributed by atoms with E-state index in [0.717, 1.165) is 11.3 Å². The Kier molecular flexibility index (Phi) is 6.02. The van der Waals surface area contributed by atoms with Gasteiger partial charge in [-0.15, -0.1) is 0 Å². The molecule has 0 aliphatic rings.